The van der Waals surface area contributed by atoms with E-state index < -0.39 is 6.10 Å². The first kappa shape index (κ1) is 25.0. The number of hydrogen-bond donors (Lipinski definition) is 2. The van der Waals surface area contributed by atoms with Crippen LogP contribution in [0, 0.1) is 0 Å². The average molecular weight is 487 g/mol. The minimum absolute atomic E-state index is 0.00913. The number of aliphatic hydroxyl groups excluding tert-OH is 1. The van der Waals surface area contributed by atoms with Crippen molar-refractivity contribution in [2.24, 2.45) is 0 Å². The molecule has 0 saturated carbocycles. The third-order valence-corrected chi connectivity index (χ3v) is 5.63. The molecule has 7 nitrogen and oxygen atoms in total. The minimum Gasteiger partial charge on any atom is -0.497 e. The summed E-state index contributed by atoms with van der Waals surface area (Å²) < 4.78 is 12.7. The Morgan fingerprint density at radius 3 is 2.14 bits per heavy atom. The Labute approximate surface area is 210 Å². The molecule has 0 spiro atoms. The predicted molar refractivity (Wildman–Crippen MR) is 138 cm³/mol. The van der Waals surface area contributed by atoms with Crippen LogP contribution in [-0.4, -0.2) is 30.1 Å². The number of aromatic nitrogens is 1. The van der Waals surface area contributed by atoms with Gasteiger partial charge >= 0.3 is 0 Å². The van der Waals surface area contributed by atoms with Crippen LogP contribution in [0.15, 0.2) is 102 Å². The van der Waals surface area contributed by atoms with E-state index >= 15 is 0 Å². The molecule has 0 aliphatic carbocycles. The van der Waals surface area contributed by atoms with Crippen LogP contribution in [0.3, 0.4) is 0 Å². The van der Waals surface area contributed by atoms with Crippen LogP contribution in [0.25, 0.3) is 0 Å². The van der Waals surface area contributed by atoms with Gasteiger partial charge in [0.25, 0.3) is 0 Å². The maximum Gasteiger partial charge on any atom is 0.223 e. The van der Waals surface area contributed by atoms with Gasteiger partial charge in [-0.1, -0.05) is 72.8 Å². The van der Waals surface area contributed by atoms with Crippen molar-refractivity contribution in [3.8, 4) is 11.5 Å². The van der Waals surface area contributed by atoms with Crippen molar-refractivity contribution >= 4 is 0 Å². The Balaban J connectivity index is 1.65. The van der Waals surface area contributed by atoms with Gasteiger partial charge in [-0.25, -0.2) is 0 Å². The lowest BCUT2D eigenvalue weighted by Gasteiger charge is -2.24. The van der Waals surface area contributed by atoms with E-state index in [-0.39, 0.29) is 24.4 Å². The van der Waals surface area contributed by atoms with Gasteiger partial charge in [-0.3, -0.25) is 4.79 Å². The van der Waals surface area contributed by atoms with Gasteiger partial charge in [0.1, 0.15) is 12.4 Å². The summed E-state index contributed by atoms with van der Waals surface area (Å²) in [4.78, 5) is 19.4. The molecule has 7 heteroatoms. The van der Waals surface area contributed by atoms with Crippen molar-refractivity contribution in [2.45, 2.75) is 19.3 Å². The topological polar surface area (TPSA) is 82.0 Å². The summed E-state index contributed by atoms with van der Waals surface area (Å²) in [7, 11) is 1.61. The fourth-order valence-electron chi connectivity index (χ4n) is 3.74. The van der Waals surface area contributed by atoms with E-state index in [2.05, 4.69) is 5.32 Å². The van der Waals surface area contributed by atoms with E-state index in [1.165, 1.54) is 6.07 Å². The lowest BCUT2D eigenvalue weighted by molar-refractivity contribution is 0.0513. The van der Waals surface area contributed by atoms with Gasteiger partial charge in [-0.05, 0) is 28.8 Å². The second kappa shape index (κ2) is 12.6. The number of benzene rings is 3. The first-order valence-corrected chi connectivity index (χ1v) is 11.8. The summed E-state index contributed by atoms with van der Waals surface area (Å²) in [5.74, 6) is 0.929. The molecule has 0 aliphatic rings. The van der Waals surface area contributed by atoms with Gasteiger partial charge in [-0.15, -0.1) is 0 Å². The zero-order valence-corrected chi connectivity index (χ0v) is 20.2. The lowest BCUT2D eigenvalue weighted by Crippen LogP contribution is -2.28. The van der Waals surface area contributed by atoms with E-state index in [1.54, 1.807) is 18.0 Å². The Morgan fingerprint density at radius 2 is 1.56 bits per heavy atom. The Hall–Kier alpha value is -4.07. The summed E-state index contributed by atoms with van der Waals surface area (Å²) in [6.07, 6.45) is 1.17. The van der Waals surface area contributed by atoms with E-state index in [4.69, 9.17) is 14.3 Å². The molecule has 4 aromatic rings. The molecule has 3 aromatic carbocycles. The van der Waals surface area contributed by atoms with Gasteiger partial charge in [0, 0.05) is 19.2 Å². The Bertz CT molecular complexity index is 1240. The molecule has 4 rings (SSSR count). The predicted octanol–water partition coefficient (Wildman–Crippen LogP) is 3.74. The third-order valence-electron chi connectivity index (χ3n) is 5.63. The number of hydrogen-bond acceptors (Lipinski definition) is 6. The van der Waals surface area contributed by atoms with Crippen molar-refractivity contribution < 1.29 is 19.4 Å². The van der Waals surface area contributed by atoms with Crippen molar-refractivity contribution in [1.82, 2.24) is 10.0 Å². The average Bonchev–Trinajstić information content (AvgIpc) is 2.93. The van der Waals surface area contributed by atoms with Gasteiger partial charge in [-0.2, -0.15) is 4.73 Å². The number of rotatable bonds is 12. The van der Waals surface area contributed by atoms with E-state index in [1.807, 2.05) is 84.9 Å². The number of ether oxygens (including phenoxy) is 2. The second-order valence-electron chi connectivity index (χ2n) is 8.16. The molecular weight excluding hydrogens is 456 g/mol. The van der Waals surface area contributed by atoms with Crippen LogP contribution in [0.4, 0.5) is 0 Å². The third kappa shape index (κ3) is 6.53. The largest absolute Gasteiger partial charge is 0.497 e. The molecule has 0 radical (unpaired) electrons. The number of nitrogens with zero attached hydrogens (tertiary/aromatic N) is 1. The summed E-state index contributed by atoms with van der Waals surface area (Å²) in [6, 6.07) is 28.8. The number of methoxy groups -OCH3 is 1. The Kier molecular flexibility index (Phi) is 8.75. The molecular formula is C29H30N2O5. The second-order valence-corrected chi connectivity index (χ2v) is 8.16. The maximum absolute atomic E-state index is 12.9. The van der Waals surface area contributed by atoms with Crippen LogP contribution in [-0.2, 0) is 13.2 Å². The quantitative estimate of drug-likeness (QED) is 0.297. The zero-order valence-electron chi connectivity index (χ0n) is 20.2. The molecule has 186 valence electrons. The summed E-state index contributed by atoms with van der Waals surface area (Å²) in [5, 5.41) is 12.3. The number of nitrogens with one attached hydrogen (secondary N) is 1. The lowest BCUT2D eigenvalue weighted by atomic mass is 10.0. The molecule has 0 aliphatic heterocycles. The van der Waals surface area contributed by atoms with Gasteiger partial charge in [0.15, 0.2) is 11.9 Å². The van der Waals surface area contributed by atoms with E-state index in [9.17, 15) is 9.90 Å². The molecule has 0 amide bonds. The van der Waals surface area contributed by atoms with Crippen LogP contribution >= 0.6 is 0 Å². The van der Waals surface area contributed by atoms with E-state index in [0.29, 0.717) is 18.8 Å². The van der Waals surface area contributed by atoms with Crippen molar-refractivity contribution in [3.63, 3.8) is 0 Å². The highest BCUT2D eigenvalue weighted by molar-refractivity contribution is 5.31. The van der Waals surface area contributed by atoms with Crippen LogP contribution < -0.4 is 25.1 Å². The van der Waals surface area contributed by atoms with Crippen LogP contribution in [0.5, 0.6) is 11.5 Å². The Morgan fingerprint density at radius 1 is 0.917 bits per heavy atom. The van der Waals surface area contributed by atoms with Crippen molar-refractivity contribution in [1.29, 1.82) is 0 Å². The molecule has 0 fully saturated rings. The van der Waals surface area contributed by atoms with Gasteiger partial charge in [0.05, 0.1) is 25.6 Å². The fourth-order valence-corrected chi connectivity index (χ4v) is 3.74. The molecule has 1 aromatic heterocycles. The summed E-state index contributed by atoms with van der Waals surface area (Å²) in [5.41, 5.74) is 3.21. The standard InChI is InChI=1S/C29H30N2O5/c1-34-26-14-12-22(13-15-26)21-35-28-20-31(25(18-27(28)33)19-30-16-17-32)36-29(23-8-4-2-5-9-23)24-10-6-3-7-11-24/h2-15,18,20,29-30,32H,16-17,19,21H2,1H3. The molecule has 0 unspecified atom stereocenters. The smallest absolute Gasteiger partial charge is 0.223 e. The highest BCUT2D eigenvalue weighted by Crippen LogP contribution is 2.24. The summed E-state index contributed by atoms with van der Waals surface area (Å²) in [6.45, 7) is 0.947. The molecule has 0 atom stereocenters. The first-order chi connectivity index (χ1) is 17.7. The molecule has 1 heterocycles. The summed E-state index contributed by atoms with van der Waals surface area (Å²) >= 11 is 0. The molecule has 0 bridgehead atoms. The SMILES string of the molecule is COc1ccc(COc2cn(OC(c3ccccc3)c3ccccc3)c(CNCCO)cc2=O)cc1. The van der Waals surface area contributed by atoms with Crippen LogP contribution in [0.2, 0.25) is 0 Å². The highest BCUT2D eigenvalue weighted by atomic mass is 16.7. The van der Waals surface area contributed by atoms with Gasteiger partial charge < -0.3 is 24.7 Å². The number of aliphatic hydroxyl groups is 1. The molecule has 0 saturated heterocycles. The fraction of sp³-hybridized carbons (Fsp3) is 0.207. The maximum atomic E-state index is 12.9. The normalized spacial score (nSPS) is 10.9. The van der Waals surface area contributed by atoms with Crippen LogP contribution in [0.1, 0.15) is 28.5 Å². The molecule has 36 heavy (non-hydrogen) atoms. The monoisotopic (exact) mass is 486 g/mol. The highest BCUT2D eigenvalue weighted by Gasteiger charge is 2.19. The molecule has 2 N–H and O–H groups in total. The van der Waals surface area contributed by atoms with E-state index in [0.717, 1.165) is 22.4 Å². The van der Waals surface area contributed by atoms with Crippen molar-refractivity contribution in [3.05, 3.63) is 130 Å². The zero-order chi connectivity index (χ0) is 25.2. The number of pyridine rings is 1. The first-order valence-electron chi connectivity index (χ1n) is 11.8. The minimum atomic E-state index is -0.416. The van der Waals surface area contributed by atoms with Gasteiger partial charge in [0.2, 0.25) is 5.43 Å². The van der Waals surface area contributed by atoms with Crippen molar-refractivity contribution in [2.75, 3.05) is 20.3 Å².